The van der Waals surface area contributed by atoms with Crippen molar-refractivity contribution in [1.29, 1.82) is 0 Å². The van der Waals surface area contributed by atoms with E-state index in [0.29, 0.717) is 11.1 Å². The third kappa shape index (κ3) is 5.25. The first kappa shape index (κ1) is 16.7. The highest BCUT2D eigenvalue weighted by Crippen LogP contribution is 2.15. The van der Waals surface area contributed by atoms with Gasteiger partial charge in [0.25, 0.3) is 0 Å². The maximum Gasteiger partial charge on any atom is 0.335 e. The number of aromatic carboxylic acids is 1. The maximum atomic E-state index is 11.6. The lowest BCUT2D eigenvalue weighted by molar-refractivity contribution is -0.143. The minimum atomic E-state index is -1.09. The molecule has 0 aliphatic carbocycles. The first-order valence-corrected chi connectivity index (χ1v) is 6.64. The lowest BCUT2D eigenvalue weighted by atomic mass is 9.99. The number of carboxylic acids is 1. The molecule has 21 heavy (non-hydrogen) atoms. The molecule has 0 fully saturated rings. The average molecular weight is 294 g/mol. The number of rotatable bonds is 7. The molecule has 0 aliphatic rings. The summed E-state index contributed by atoms with van der Waals surface area (Å²) in [6, 6.07) is 4.30. The van der Waals surface area contributed by atoms with Crippen LogP contribution in [0.5, 0.6) is 0 Å². The molecule has 0 heterocycles. The fourth-order valence-corrected chi connectivity index (χ4v) is 1.83. The topological polar surface area (TPSA) is 89.9 Å². The van der Waals surface area contributed by atoms with Crippen molar-refractivity contribution >= 4 is 17.9 Å². The van der Waals surface area contributed by atoms with Crippen LogP contribution in [0.3, 0.4) is 0 Å². The van der Waals surface area contributed by atoms with Crippen LogP contribution in [0, 0.1) is 0 Å². The molecule has 0 radical (unpaired) electrons. The molecule has 6 heteroatoms. The van der Waals surface area contributed by atoms with Crippen molar-refractivity contribution in [2.75, 3.05) is 13.2 Å². The summed E-state index contributed by atoms with van der Waals surface area (Å²) in [6.45, 7) is 3.89. The molecule has 0 unspecified atom stereocenters. The van der Waals surface area contributed by atoms with Crippen LogP contribution in [-0.4, -0.2) is 36.2 Å². The summed E-state index contributed by atoms with van der Waals surface area (Å²) >= 11 is 0. The molecule has 1 N–H and O–H groups in total. The van der Waals surface area contributed by atoms with Gasteiger partial charge in [-0.05, 0) is 37.1 Å². The Morgan fingerprint density at radius 1 is 0.952 bits per heavy atom. The highest BCUT2D eigenvalue weighted by molar-refractivity contribution is 5.88. The summed E-state index contributed by atoms with van der Waals surface area (Å²) < 4.78 is 9.71. The normalized spacial score (nSPS) is 10.0. The summed E-state index contributed by atoms with van der Waals surface area (Å²) in [5.74, 6) is -1.99. The molecular formula is C15H18O6. The molecule has 0 atom stereocenters. The zero-order valence-electron chi connectivity index (χ0n) is 12.0. The highest BCUT2D eigenvalue weighted by Gasteiger charge is 2.15. The SMILES string of the molecule is CCOC(=O)Cc1ccc(C(=O)O)cc1CC(=O)OCC. The molecule has 114 valence electrons. The van der Waals surface area contributed by atoms with Gasteiger partial charge in [-0.25, -0.2) is 4.79 Å². The third-order valence-electron chi connectivity index (χ3n) is 2.73. The van der Waals surface area contributed by atoms with E-state index in [4.69, 9.17) is 14.6 Å². The summed E-state index contributed by atoms with van der Waals surface area (Å²) in [7, 11) is 0. The predicted molar refractivity (Wildman–Crippen MR) is 74.1 cm³/mol. The number of carboxylic acid groups (broad SMARTS) is 1. The van der Waals surface area contributed by atoms with Crippen molar-refractivity contribution in [2.45, 2.75) is 26.7 Å². The third-order valence-corrected chi connectivity index (χ3v) is 2.73. The molecule has 0 spiro atoms. The lowest BCUT2D eigenvalue weighted by Crippen LogP contribution is -2.14. The largest absolute Gasteiger partial charge is 0.478 e. The Bertz CT molecular complexity index is 535. The van der Waals surface area contributed by atoms with E-state index in [1.807, 2.05) is 0 Å². The van der Waals surface area contributed by atoms with Gasteiger partial charge < -0.3 is 14.6 Å². The number of esters is 2. The zero-order chi connectivity index (χ0) is 15.8. The van der Waals surface area contributed by atoms with Gasteiger partial charge in [0.05, 0.1) is 31.6 Å². The zero-order valence-corrected chi connectivity index (χ0v) is 12.0. The number of hydrogen-bond acceptors (Lipinski definition) is 5. The standard InChI is InChI=1S/C15H18O6/c1-3-20-13(16)8-10-5-6-11(15(18)19)7-12(10)9-14(17)21-4-2/h5-7H,3-4,8-9H2,1-2H3,(H,18,19). The van der Waals surface area contributed by atoms with Gasteiger partial charge in [-0.1, -0.05) is 6.07 Å². The minimum absolute atomic E-state index is 0.0114. The van der Waals surface area contributed by atoms with Crippen molar-refractivity contribution in [3.8, 4) is 0 Å². The predicted octanol–water partition coefficient (Wildman–Crippen LogP) is 1.60. The molecule has 6 nitrogen and oxygen atoms in total. The van der Waals surface area contributed by atoms with E-state index >= 15 is 0 Å². The van der Waals surface area contributed by atoms with E-state index in [1.165, 1.54) is 18.2 Å². The van der Waals surface area contributed by atoms with Gasteiger partial charge in [0.1, 0.15) is 0 Å². The van der Waals surface area contributed by atoms with E-state index in [1.54, 1.807) is 13.8 Å². The fourth-order valence-electron chi connectivity index (χ4n) is 1.83. The quantitative estimate of drug-likeness (QED) is 0.768. The van der Waals surface area contributed by atoms with E-state index in [-0.39, 0.29) is 31.6 Å². The summed E-state index contributed by atoms with van der Waals surface area (Å²) in [5.41, 5.74) is 1.08. The monoisotopic (exact) mass is 294 g/mol. The second-order valence-corrected chi connectivity index (χ2v) is 4.25. The van der Waals surface area contributed by atoms with E-state index in [2.05, 4.69) is 0 Å². The Labute approximate surface area is 122 Å². The number of carbonyl (C=O) groups is 3. The first-order valence-electron chi connectivity index (χ1n) is 6.64. The molecular weight excluding hydrogens is 276 g/mol. The van der Waals surface area contributed by atoms with Gasteiger partial charge in [-0.3, -0.25) is 9.59 Å². The number of hydrogen-bond donors (Lipinski definition) is 1. The van der Waals surface area contributed by atoms with Crippen LogP contribution in [0.2, 0.25) is 0 Å². The van der Waals surface area contributed by atoms with Gasteiger partial charge in [0, 0.05) is 0 Å². The van der Waals surface area contributed by atoms with Gasteiger partial charge >= 0.3 is 17.9 Å². The Balaban J connectivity index is 3.01. The maximum absolute atomic E-state index is 11.6. The lowest BCUT2D eigenvalue weighted by Gasteiger charge is -2.10. The highest BCUT2D eigenvalue weighted by atomic mass is 16.5. The van der Waals surface area contributed by atoms with Gasteiger partial charge in [-0.15, -0.1) is 0 Å². The second kappa shape index (κ2) is 8.04. The molecule has 1 aromatic carbocycles. The molecule has 0 amide bonds. The molecule has 1 aromatic rings. The minimum Gasteiger partial charge on any atom is -0.478 e. The van der Waals surface area contributed by atoms with E-state index in [9.17, 15) is 14.4 Å². The van der Waals surface area contributed by atoms with Crippen molar-refractivity contribution in [3.63, 3.8) is 0 Å². The van der Waals surface area contributed by atoms with Crippen LogP contribution >= 0.6 is 0 Å². The van der Waals surface area contributed by atoms with Gasteiger partial charge in [0.15, 0.2) is 0 Å². The van der Waals surface area contributed by atoms with Crippen LogP contribution in [-0.2, 0) is 31.9 Å². The van der Waals surface area contributed by atoms with Gasteiger partial charge in [0.2, 0.25) is 0 Å². The summed E-state index contributed by atoms with van der Waals surface area (Å²) in [5, 5.41) is 9.00. The van der Waals surface area contributed by atoms with Crippen LogP contribution in [0.4, 0.5) is 0 Å². The van der Waals surface area contributed by atoms with Gasteiger partial charge in [-0.2, -0.15) is 0 Å². The smallest absolute Gasteiger partial charge is 0.335 e. The van der Waals surface area contributed by atoms with Crippen LogP contribution in [0.25, 0.3) is 0 Å². The number of ether oxygens (including phenoxy) is 2. The summed E-state index contributed by atoms with van der Waals surface area (Å²) in [4.78, 5) is 34.1. The van der Waals surface area contributed by atoms with Crippen molar-refractivity contribution in [2.24, 2.45) is 0 Å². The summed E-state index contributed by atoms with van der Waals surface area (Å²) in [6.07, 6.45) is -0.0911. The van der Waals surface area contributed by atoms with Crippen LogP contribution < -0.4 is 0 Å². The van der Waals surface area contributed by atoms with Crippen molar-refractivity contribution < 1.29 is 29.0 Å². The van der Waals surface area contributed by atoms with E-state index in [0.717, 1.165) is 0 Å². The van der Waals surface area contributed by atoms with Crippen molar-refractivity contribution in [3.05, 3.63) is 34.9 Å². The van der Waals surface area contributed by atoms with Crippen LogP contribution in [0.15, 0.2) is 18.2 Å². The average Bonchev–Trinajstić information content (AvgIpc) is 2.41. The van der Waals surface area contributed by atoms with Crippen molar-refractivity contribution in [1.82, 2.24) is 0 Å². The number of carbonyl (C=O) groups excluding carboxylic acids is 2. The first-order chi connectivity index (χ1) is 9.97. The molecule has 0 bridgehead atoms. The Kier molecular flexibility index (Phi) is 6.39. The Hall–Kier alpha value is -2.37. The Morgan fingerprint density at radius 3 is 1.95 bits per heavy atom. The molecule has 0 saturated heterocycles. The Morgan fingerprint density at radius 2 is 1.48 bits per heavy atom. The van der Waals surface area contributed by atoms with E-state index < -0.39 is 17.9 Å². The molecule has 0 aromatic heterocycles. The fraction of sp³-hybridized carbons (Fsp3) is 0.400. The molecule has 0 saturated carbocycles. The molecule has 1 rings (SSSR count). The van der Waals surface area contributed by atoms with Crippen LogP contribution in [0.1, 0.15) is 35.3 Å². The molecule has 0 aliphatic heterocycles. The number of benzene rings is 1. The second-order valence-electron chi connectivity index (χ2n) is 4.25.